The van der Waals surface area contributed by atoms with Crippen LogP contribution in [0, 0.1) is 5.41 Å². The minimum Gasteiger partial charge on any atom is -0.380 e. The van der Waals surface area contributed by atoms with Gasteiger partial charge in [0, 0.05) is 38.6 Å². The first-order chi connectivity index (χ1) is 9.58. The summed E-state index contributed by atoms with van der Waals surface area (Å²) >= 11 is 0. The number of nitrogens with one attached hydrogen (secondary N) is 1. The van der Waals surface area contributed by atoms with E-state index in [1.54, 1.807) is 0 Å². The number of likely N-dealkylation sites (tertiary alicyclic amines) is 1. The maximum Gasteiger partial charge on any atom is 0.193 e. The first-order valence-corrected chi connectivity index (χ1v) is 7.81. The van der Waals surface area contributed by atoms with E-state index in [4.69, 9.17) is 4.74 Å². The van der Waals surface area contributed by atoms with Crippen LogP contribution in [0.4, 0.5) is 0 Å². The molecule has 5 heteroatoms. The van der Waals surface area contributed by atoms with Gasteiger partial charge in [0.1, 0.15) is 0 Å². The van der Waals surface area contributed by atoms with Crippen LogP contribution < -0.4 is 5.32 Å². The van der Waals surface area contributed by atoms with Crippen molar-refractivity contribution < 1.29 is 4.74 Å². The van der Waals surface area contributed by atoms with Gasteiger partial charge in [0.25, 0.3) is 0 Å². The van der Waals surface area contributed by atoms with Gasteiger partial charge in [-0.25, -0.2) is 0 Å². The van der Waals surface area contributed by atoms with E-state index in [1.807, 2.05) is 7.05 Å². The molecule has 2 rings (SSSR count). The van der Waals surface area contributed by atoms with Crippen LogP contribution in [0.15, 0.2) is 4.99 Å². The zero-order chi connectivity index (χ0) is 14.6. The fourth-order valence-electron chi connectivity index (χ4n) is 3.15. The second kappa shape index (κ2) is 6.76. The summed E-state index contributed by atoms with van der Waals surface area (Å²) in [7, 11) is 4.01. The lowest BCUT2D eigenvalue weighted by Gasteiger charge is -2.39. The van der Waals surface area contributed by atoms with Crippen LogP contribution in [0.25, 0.3) is 0 Å². The Labute approximate surface area is 123 Å². The Balaban J connectivity index is 1.81. The molecule has 2 saturated heterocycles. The summed E-state index contributed by atoms with van der Waals surface area (Å²) in [5, 5.41) is 3.50. The molecule has 1 atom stereocenters. The molecule has 0 bridgehead atoms. The molecular weight excluding hydrogens is 252 g/mol. The summed E-state index contributed by atoms with van der Waals surface area (Å²) in [4.78, 5) is 9.25. The summed E-state index contributed by atoms with van der Waals surface area (Å²) in [6, 6.07) is 0.672. The second-order valence-electron chi connectivity index (χ2n) is 6.51. The average Bonchev–Trinajstić information content (AvgIpc) is 2.84. The number of guanidine groups is 1. The zero-order valence-electron chi connectivity index (χ0n) is 13.5. The zero-order valence-corrected chi connectivity index (χ0v) is 13.5. The molecule has 1 unspecified atom stereocenters. The van der Waals surface area contributed by atoms with E-state index in [2.05, 4.69) is 41.0 Å². The molecule has 2 aliphatic rings. The largest absolute Gasteiger partial charge is 0.380 e. The molecular formula is C15H30N4O. The fourth-order valence-corrected chi connectivity index (χ4v) is 3.15. The minimum atomic E-state index is 0.277. The molecule has 0 aromatic rings. The lowest BCUT2D eigenvalue weighted by atomic mass is 9.89. The summed E-state index contributed by atoms with van der Waals surface area (Å²) in [6.45, 7) is 10.6. The third-order valence-electron chi connectivity index (χ3n) is 4.54. The molecule has 0 amide bonds. The lowest BCUT2D eigenvalue weighted by Crippen LogP contribution is -2.52. The predicted molar refractivity (Wildman–Crippen MR) is 83.2 cm³/mol. The van der Waals surface area contributed by atoms with E-state index >= 15 is 0 Å². The highest BCUT2D eigenvalue weighted by Crippen LogP contribution is 2.25. The van der Waals surface area contributed by atoms with Crippen LogP contribution in [0.2, 0.25) is 0 Å². The van der Waals surface area contributed by atoms with Crippen LogP contribution in [0.1, 0.15) is 26.7 Å². The Morgan fingerprint density at radius 1 is 1.50 bits per heavy atom. The van der Waals surface area contributed by atoms with E-state index in [-0.39, 0.29) is 5.41 Å². The van der Waals surface area contributed by atoms with Crippen molar-refractivity contribution in [1.29, 1.82) is 0 Å². The molecule has 20 heavy (non-hydrogen) atoms. The van der Waals surface area contributed by atoms with Crippen molar-refractivity contribution in [2.24, 2.45) is 10.4 Å². The van der Waals surface area contributed by atoms with E-state index in [1.165, 1.54) is 19.4 Å². The fraction of sp³-hybridized carbons (Fsp3) is 0.933. The molecule has 0 aromatic heterocycles. The van der Waals surface area contributed by atoms with E-state index < -0.39 is 0 Å². The second-order valence-corrected chi connectivity index (χ2v) is 6.51. The van der Waals surface area contributed by atoms with Crippen molar-refractivity contribution in [2.45, 2.75) is 32.7 Å². The maximum atomic E-state index is 5.30. The monoisotopic (exact) mass is 282 g/mol. The van der Waals surface area contributed by atoms with Crippen LogP contribution in [0.5, 0.6) is 0 Å². The SMILES string of the molecule is CCN1CCCC1CN(C)C(=NC)NCC1(C)COC1. The van der Waals surface area contributed by atoms with Crippen molar-refractivity contribution >= 4 is 5.96 Å². The normalized spacial score (nSPS) is 26.4. The number of rotatable bonds is 5. The van der Waals surface area contributed by atoms with Crippen molar-refractivity contribution in [3.63, 3.8) is 0 Å². The molecule has 2 aliphatic heterocycles. The number of hydrogen-bond donors (Lipinski definition) is 1. The first kappa shape index (κ1) is 15.6. The van der Waals surface area contributed by atoms with Crippen LogP contribution in [-0.2, 0) is 4.74 Å². The third-order valence-corrected chi connectivity index (χ3v) is 4.54. The van der Waals surface area contributed by atoms with Crippen LogP contribution in [-0.4, -0.2) is 75.3 Å². The van der Waals surface area contributed by atoms with Gasteiger partial charge in [-0.15, -0.1) is 0 Å². The van der Waals surface area contributed by atoms with E-state index in [0.29, 0.717) is 6.04 Å². The van der Waals surface area contributed by atoms with Gasteiger partial charge in [-0.2, -0.15) is 0 Å². The number of hydrogen-bond acceptors (Lipinski definition) is 3. The lowest BCUT2D eigenvalue weighted by molar-refractivity contribution is -0.0972. The maximum absolute atomic E-state index is 5.30. The van der Waals surface area contributed by atoms with E-state index in [9.17, 15) is 0 Å². The minimum absolute atomic E-state index is 0.277. The van der Waals surface area contributed by atoms with Crippen molar-refractivity contribution in [3.8, 4) is 0 Å². The number of aliphatic imine (C=N–C) groups is 1. The van der Waals surface area contributed by atoms with Gasteiger partial charge in [-0.3, -0.25) is 9.89 Å². The average molecular weight is 282 g/mol. The quantitative estimate of drug-likeness (QED) is 0.603. The third kappa shape index (κ3) is 3.64. The molecule has 5 nitrogen and oxygen atoms in total. The highest BCUT2D eigenvalue weighted by atomic mass is 16.5. The molecule has 2 heterocycles. The molecule has 0 aromatic carbocycles. The van der Waals surface area contributed by atoms with Gasteiger partial charge in [-0.1, -0.05) is 13.8 Å². The highest BCUT2D eigenvalue weighted by molar-refractivity contribution is 5.79. The van der Waals surface area contributed by atoms with Gasteiger partial charge in [0.2, 0.25) is 0 Å². The predicted octanol–water partition coefficient (Wildman–Crippen LogP) is 1.01. The summed E-state index contributed by atoms with van der Waals surface area (Å²) < 4.78 is 5.30. The van der Waals surface area contributed by atoms with Gasteiger partial charge in [-0.05, 0) is 25.9 Å². The number of nitrogens with zero attached hydrogens (tertiary/aromatic N) is 3. The van der Waals surface area contributed by atoms with Crippen molar-refractivity contribution in [1.82, 2.24) is 15.1 Å². The Kier molecular flexibility index (Phi) is 5.27. The Morgan fingerprint density at radius 3 is 2.80 bits per heavy atom. The topological polar surface area (TPSA) is 40.1 Å². The first-order valence-electron chi connectivity index (χ1n) is 7.81. The highest BCUT2D eigenvalue weighted by Gasteiger charge is 2.33. The van der Waals surface area contributed by atoms with E-state index in [0.717, 1.165) is 38.8 Å². The van der Waals surface area contributed by atoms with Gasteiger partial charge in [0.15, 0.2) is 5.96 Å². The van der Waals surface area contributed by atoms with Gasteiger partial charge >= 0.3 is 0 Å². The molecule has 0 aliphatic carbocycles. The summed E-state index contributed by atoms with van der Waals surface area (Å²) in [5.74, 6) is 1.00. The Bertz CT molecular complexity index is 341. The summed E-state index contributed by atoms with van der Waals surface area (Å²) in [6.07, 6.45) is 2.63. The van der Waals surface area contributed by atoms with Crippen molar-refractivity contribution in [3.05, 3.63) is 0 Å². The van der Waals surface area contributed by atoms with Gasteiger partial charge in [0.05, 0.1) is 13.2 Å². The van der Waals surface area contributed by atoms with Crippen molar-refractivity contribution in [2.75, 3.05) is 53.5 Å². The number of ether oxygens (including phenoxy) is 1. The standard InChI is InChI=1S/C15H30N4O/c1-5-19-8-6-7-13(19)9-18(4)14(16-3)17-10-15(2)11-20-12-15/h13H,5-12H2,1-4H3,(H,16,17). The molecule has 0 saturated carbocycles. The molecule has 2 fully saturated rings. The molecule has 0 spiro atoms. The Hall–Kier alpha value is -0.810. The summed E-state index contributed by atoms with van der Waals surface area (Å²) in [5.41, 5.74) is 0.277. The molecule has 0 radical (unpaired) electrons. The molecule has 116 valence electrons. The number of likely N-dealkylation sites (N-methyl/N-ethyl adjacent to an activating group) is 2. The molecule has 1 N–H and O–H groups in total. The van der Waals surface area contributed by atoms with Crippen LogP contribution >= 0.6 is 0 Å². The Morgan fingerprint density at radius 2 is 2.25 bits per heavy atom. The van der Waals surface area contributed by atoms with Gasteiger partial charge < -0.3 is 15.0 Å². The smallest absolute Gasteiger partial charge is 0.193 e. The van der Waals surface area contributed by atoms with Crippen LogP contribution in [0.3, 0.4) is 0 Å².